The number of phenols is 1. The first-order valence-corrected chi connectivity index (χ1v) is 11.3. The lowest BCUT2D eigenvalue weighted by molar-refractivity contribution is -0.00617. The van der Waals surface area contributed by atoms with Gasteiger partial charge in [-0.15, -0.1) is 0 Å². The predicted octanol–water partition coefficient (Wildman–Crippen LogP) is 4.83. The summed E-state index contributed by atoms with van der Waals surface area (Å²) in [6.45, 7) is -0.196. The number of ether oxygens (including phenoxy) is 2. The monoisotopic (exact) mass is 436 g/mol. The van der Waals surface area contributed by atoms with Gasteiger partial charge in [0.05, 0.1) is 7.11 Å². The highest BCUT2D eigenvalue weighted by molar-refractivity contribution is 5.97. The van der Waals surface area contributed by atoms with Crippen molar-refractivity contribution in [1.29, 1.82) is 0 Å². The second kappa shape index (κ2) is 7.84. The van der Waals surface area contributed by atoms with E-state index in [4.69, 9.17) is 14.6 Å². The second-order valence-corrected chi connectivity index (χ2v) is 9.81. The topological polar surface area (TPSA) is 93.1 Å². The molecule has 4 aliphatic carbocycles. The van der Waals surface area contributed by atoms with Crippen molar-refractivity contribution in [3.63, 3.8) is 0 Å². The summed E-state index contributed by atoms with van der Waals surface area (Å²) in [5, 5.41) is 18.8. The van der Waals surface area contributed by atoms with Crippen molar-refractivity contribution in [3.05, 3.63) is 53.1 Å². The Bertz CT molecular complexity index is 1040. The quantitative estimate of drug-likeness (QED) is 0.604. The molecule has 4 saturated carbocycles. The molecule has 4 bridgehead atoms. The number of aromatic hydroxyl groups is 1. The van der Waals surface area contributed by atoms with Crippen LogP contribution in [0, 0.1) is 17.8 Å². The van der Waals surface area contributed by atoms with Crippen LogP contribution in [0.5, 0.6) is 17.2 Å². The normalized spacial score (nSPS) is 27.8. The number of hydrogen-bond donors (Lipinski definition) is 2. The number of carbonyl (C=O) groups is 2. The van der Waals surface area contributed by atoms with Crippen molar-refractivity contribution < 1.29 is 29.3 Å². The molecule has 0 amide bonds. The molecular weight excluding hydrogens is 408 g/mol. The van der Waals surface area contributed by atoms with Crippen LogP contribution in [0.3, 0.4) is 0 Å². The highest BCUT2D eigenvalue weighted by Gasteiger charge is 2.52. The summed E-state index contributed by atoms with van der Waals surface area (Å²) in [6.07, 6.45) is 7.58. The first kappa shape index (κ1) is 20.9. The minimum Gasteiger partial charge on any atom is -0.507 e. The molecule has 0 aromatic heterocycles. The van der Waals surface area contributed by atoms with Gasteiger partial charge in [0.2, 0.25) is 0 Å². The number of rotatable bonds is 7. The first-order valence-electron chi connectivity index (χ1n) is 11.3. The maximum atomic E-state index is 12.9. The number of methoxy groups -OCH3 is 1. The van der Waals surface area contributed by atoms with Crippen molar-refractivity contribution in [2.45, 2.75) is 43.9 Å². The number of carbonyl (C=O) groups excluding carboxylic acids is 1. The third-order valence-electron chi connectivity index (χ3n) is 7.70. The van der Waals surface area contributed by atoms with Crippen molar-refractivity contribution in [2.24, 2.45) is 17.8 Å². The molecule has 6 nitrogen and oxygen atoms in total. The number of carboxylic acid groups (broad SMARTS) is 1. The van der Waals surface area contributed by atoms with Crippen LogP contribution in [0.1, 0.15) is 64.8 Å². The van der Waals surface area contributed by atoms with Crippen molar-refractivity contribution in [2.75, 3.05) is 13.7 Å². The molecule has 0 saturated heterocycles. The van der Waals surface area contributed by atoms with Gasteiger partial charge in [0.25, 0.3) is 0 Å². The second-order valence-electron chi connectivity index (χ2n) is 9.81. The predicted molar refractivity (Wildman–Crippen MR) is 118 cm³/mol. The molecule has 4 aliphatic rings. The molecule has 6 rings (SSSR count). The van der Waals surface area contributed by atoms with Gasteiger partial charge in [0, 0.05) is 17.2 Å². The van der Waals surface area contributed by atoms with Crippen LogP contribution >= 0.6 is 0 Å². The van der Waals surface area contributed by atoms with Gasteiger partial charge in [-0.3, -0.25) is 4.79 Å². The Balaban J connectivity index is 1.36. The fraction of sp³-hybridized carbons (Fsp3) is 0.462. The Kier molecular flexibility index (Phi) is 5.11. The minimum atomic E-state index is -1.22. The lowest BCUT2D eigenvalue weighted by Crippen LogP contribution is -2.48. The zero-order valence-electron chi connectivity index (χ0n) is 18.2. The smallest absolute Gasteiger partial charge is 0.339 e. The first-order chi connectivity index (χ1) is 15.4. The van der Waals surface area contributed by atoms with Crippen LogP contribution in [-0.4, -0.2) is 35.7 Å². The summed E-state index contributed by atoms with van der Waals surface area (Å²) in [7, 11) is 1.69. The molecule has 168 valence electrons. The zero-order valence-corrected chi connectivity index (χ0v) is 18.2. The number of carboxylic acids is 1. The van der Waals surface area contributed by atoms with Gasteiger partial charge in [-0.2, -0.15) is 0 Å². The van der Waals surface area contributed by atoms with Gasteiger partial charge in [0.15, 0.2) is 12.4 Å². The van der Waals surface area contributed by atoms with Crippen molar-refractivity contribution >= 4 is 11.8 Å². The molecule has 2 aromatic carbocycles. The molecule has 32 heavy (non-hydrogen) atoms. The van der Waals surface area contributed by atoms with Gasteiger partial charge in [-0.05, 0) is 92.0 Å². The Morgan fingerprint density at radius 3 is 2.22 bits per heavy atom. The lowest BCUT2D eigenvalue weighted by Gasteiger charge is -2.57. The maximum Gasteiger partial charge on any atom is 0.339 e. The highest BCUT2D eigenvalue weighted by Crippen LogP contribution is 2.61. The van der Waals surface area contributed by atoms with E-state index in [1.165, 1.54) is 56.7 Å². The maximum absolute atomic E-state index is 12.9. The van der Waals surface area contributed by atoms with Gasteiger partial charge in [0.1, 0.15) is 22.8 Å². The summed E-state index contributed by atoms with van der Waals surface area (Å²) in [5.41, 5.74) is 1.64. The molecule has 0 unspecified atom stereocenters. The van der Waals surface area contributed by atoms with E-state index in [0.717, 1.165) is 29.1 Å². The lowest BCUT2D eigenvalue weighted by atomic mass is 9.48. The molecular formula is C26H28O6. The van der Waals surface area contributed by atoms with E-state index in [-0.39, 0.29) is 29.1 Å². The summed E-state index contributed by atoms with van der Waals surface area (Å²) in [4.78, 5) is 24.0. The Hall–Kier alpha value is -3.02. The van der Waals surface area contributed by atoms with E-state index in [9.17, 15) is 14.7 Å². The van der Waals surface area contributed by atoms with E-state index >= 15 is 0 Å². The fourth-order valence-electron chi connectivity index (χ4n) is 6.75. The number of benzene rings is 2. The number of aromatic carboxylic acids is 1. The average molecular weight is 437 g/mol. The van der Waals surface area contributed by atoms with Crippen LogP contribution in [0.2, 0.25) is 0 Å². The fourth-order valence-corrected chi connectivity index (χ4v) is 6.75. The number of hydrogen-bond acceptors (Lipinski definition) is 5. The van der Waals surface area contributed by atoms with Crippen LogP contribution in [-0.2, 0) is 5.41 Å². The summed E-state index contributed by atoms with van der Waals surface area (Å²) in [5.74, 6) is 1.69. The van der Waals surface area contributed by atoms with Gasteiger partial charge >= 0.3 is 5.97 Å². The van der Waals surface area contributed by atoms with E-state index in [0.29, 0.717) is 5.56 Å². The molecule has 2 aromatic rings. The minimum absolute atomic E-state index is 0.107. The highest BCUT2D eigenvalue weighted by atomic mass is 16.5. The molecule has 0 heterocycles. The van der Waals surface area contributed by atoms with Gasteiger partial charge in [-0.1, -0.05) is 0 Å². The molecule has 4 fully saturated rings. The summed E-state index contributed by atoms with van der Waals surface area (Å²) in [6, 6.07) is 9.59. The van der Waals surface area contributed by atoms with Crippen molar-refractivity contribution in [1.82, 2.24) is 0 Å². The van der Waals surface area contributed by atoms with Crippen LogP contribution in [0.25, 0.3) is 0 Å². The van der Waals surface area contributed by atoms with E-state index in [2.05, 4.69) is 0 Å². The third-order valence-corrected chi connectivity index (χ3v) is 7.70. The average Bonchev–Trinajstić information content (AvgIpc) is 2.76. The Morgan fingerprint density at radius 1 is 1.00 bits per heavy atom. The summed E-state index contributed by atoms with van der Waals surface area (Å²) < 4.78 is 11.3. The molecule has 0 aliphatic heterocycles. The van der Waals surface area contributed by atoms with E-state index in [1.807, 2.05) is 12.1 Å². The van der Waals surface area contributed by atoms with Crippen LogP contribution in [0.4, 0.5) is 0 Å². The Labute approximate surface area is 187 Å². The number of ketones is 1. The zero-order chi connectivity index (χ0) is 22.5. The van der Waals surface area contributed by atoms with Gasteiger partial charge in [-0.25, -0.2) is 4.79 Å². The number of Topliss-reactive ketones (excluding diaryl/α,β-unsaturated/α-hetero) is 1. The SMILES string of the molecule is COc1ccc(C(=O)COc2ccc(C(=O)O)c(O)c2)cc1C12CC3CC(CC(C3)C1)C2. The largest absolute Gasteiger partial charge is 0.507 e. The third kappa shape index (κ3) is 3.61. The van der Waals surface area contributed by atoms with E-state index in [1.54, 1.807) is 13.2 Å². The van der Waals surface area contributed by atoms with Crippen LogP contribution < -0.4 is 9.47 Å². The van der Waals surface area contributed by atoms with Gasteiger partial charge < -0.3 is 19.7 Å². The summed E-state index contributed by atoms with van der Waals surface area (Å²) >= 11 is 0. The van der Waals surface area contributed by atoms with Crippen molar-refractivity contribution in [3.8, 4) is 17.2 Å². The standard InChI is InChI=1S/C26H28O6/c1-31-24-5-2-18(23(28)14-32-19-3-4-20(25(29)30)22(27)10-19)9-21(24)26-11-15-6-16(12-26)8-17(7-15)13-26/h2-5,9-10,15-17,27H,6-8,11-14H2,1H3,(H,29,30). The van der Waals surface area contributed by atoms with Crippen LogP contribution in [0.15, 0.2) is 36.4 Å². The molecule has 0 radical (unpaired) electrons. The molecule has 0 spiro atoms. The molecule has 0 atom stereocenters. The molecule has 6 heteroatoms. The Morgan fingerprint density at radius 2 is 1.66 bits per heavy atom. The van der Waals surface area contributed by atoms with E-state index < -0.39 is 11.7 Å². The molecule has 2 N–H and O–H groups in total.